The lowest BCUT2D eigenvalue weighted by molar-refractivity contribution is -0.144. The Kier molecular flexibility index (Phi) is 4.81. The Labute approximate surface area is 155 Å². The average Bonchev–Trinajstić information content (AvgIpc) is 2.85. The maximum Gasteiger partial charge on any atom is 0.334 e. The molecule has 27 heavy (non-hydrogen) atoms. The van der Waals surface area contributed by atoms with Gasteiger partial charge in [0, 0.05) is 20.6 Å². The van der Waals surface area contributed by atoms with Gasteiger partial charge >= 0.3 is 17.8 Å². The Balaban J connectivity index is 1.69. The van der Waals surface area contributed by atoms with E-state index in [1.54, 1.807) is 14.2 Å². The summed E-state index contributed by atoms with van der Waals surface area (Å²) in [5.74, 6) is -1.58. The summed E-state index contributed by atoms with van der Waals surface area (Å²) in [6.45, 7) is -0.157. The normalized spacial score (nSPS) is 14.3. The van der Waals surface area contributed by atoms with Gasteiger partial charge in [0.15, 0.2) is 0 Å². The second kappa shape index (κ2) is 7.06. The largest absolute Gasteiger partial charge is 0.497 e. The molecule has 1 saturated heterocycles. The number of carbonyl (C=O) groups is 4. The monoisotopic (exact) mass is 369 g/mol. The van der Waals surface area contributed by atoms with Crippen molar-refractivity contribution in [2.75, 3.05) is 27.7 Å². The molecule has 1 aliphatic heterocycles. The van der Waals surface area contributed by atoms with Crippen LogP contribution in [0.2, 0.25) is 0 Å². The molecule has 0 unspecified atom stereocenters. The third-order valence-electron chi connectivity index (χ3n) is 4.50. The summed E-state index contributed by atoms with van der Waals surface area (Å²) in [6.07, 6.45) is 0. The Morgan fingerprint density at radius 3 is 2.33 bits per heavy atom. The van der Waals surface area contributed by atoms with E-state index >= 15 is 0 Å². The fourth-order valence-electron chi connectivity index (χ4n) is 2.87. The van der Waals surface area contributed by atoms with Gasteiger partial charge in [-0.1, -0.05) is 18.2 Å². The first-order valence-electron chi connectivity index (χ1n) is 8.26. The number of ether oxygens (including phenoxy) is 1. The van der Waals surface area contributed by atoms with Gasteiger partial charge < -0.3 is 9.64 Å². The maximum absolute atomic E-state index is 12.4. The topological polar surface area (TPSA) is 87.2 Å². The van der Waals surface area contributed by atoms with Gasteiger partial charge in [0.05, 0.1) is 7.11 Å². The summed E-state index contributed by atoms with van der Waals surface area (Å²) in [5, 5.41) is 2.02. The highest BCUT2D eigenvalue weighted by molar-refractivity contribution is 6.44. The molecule has 0 spiro atoms. The molecular formula is C19H19N3O5. The van der Waals surface area contributed by atoms with Crippen molar-refractivity contribution in [3.8, 4) is 5.75 Å². The number of nitrogens with zero attached hydrogens (tertiary/aromatic N) is 3. The summed E-state index contributed by atoms with van der Waals surface area (Å²) in [6, 6.07) is 10.7. The van der Waals surface area contributed by atoms with Gasteiger partial charge in [-0.3, -0.25) is 19.3 Å². The van der Waals surface area contributed by atoms with Gasteiger partial charge in [-0.2, -0.15) is 0 Å². The molecule has 0 bridgehead atoms. The molecule has 0 atom stereocenters. The van der Waals surface area contributed by atoms with Crippen molar-refractivity contribution in [2.24, 2.45) is 0 Å². The SMILES string of the molecule is COc1ccc2cc(CN(C)C(=O)CN3C(=O)C(=O)N(C)C3=O)ccc2c1. The minimum Gasteiger partial charge on any atom is -0.497 e. The van der Waals surface area contributed by atoms with Crippen LogP contribution in [0, 0.1) is 0 Å². The standard InChI is InChI=1S/C19H19N3O5/c1-20(16(23)11-22-18(25)17(24)21(2)19(22)26)10-12-4-5-14-9-15(27-3)7-6-13(14)8-12/h4-9H,10-11H2,1-3H3. The van der Waals surface area contributed by atoms with E-state index < -0.39 is 30.3 Å². The molecular weight excluding hydrogens is 350 g/mol. The van der Waals surface area contributed by atoms with E-state index in [1.165, 1.54) is 11.9 Å². The lowest BCUT2D eigenvalue weighted by atomic mass is 10.1. The van der Waals surface area contributed by atoms with E-state index in [0.717, 1.165) is 22.1 Å². The Morgan fingerprint density at radius 1 is 1.04 bits per heavy atom. The molecule has 0 N–H and O–H groups in total. The van der Waals surface area contributed by atoms with E-state index in [0.29, 0.717) is 16.3 Å². The van der Waals surface area contributed by atoms with Gasteiger partial charge in [-0.25, -0.2) is 9.69 Å². The highest BCUT2D eigenvalue weighted by atomic mass is 16.5. The molecule has 2 aromatic rings. The Bertz CT molecular complexity index is 956. The van der Waals surface area contributed by atoms with E-state index in [4.69, 9.17) is 4.74 Å². The highest BCUT2D eigenvalue weighted by Gasteiger charge is 2.43. The van der Waals surface area contributed by atoms with Crippen molar-refractivity contribution in [1.29, 1.82) is 0 Å². The first kappa shape index (κ1) is 18.4. The molecule has 5 amide bonds. The molecule has 1 heterocycles. The number of hydrogen-bond acceptors (Lipinski definition) is 5. The molecule has 1 fully saturated rings. The van der Waals surface area contributed by atoms with E-state index in [2.05, 4.69) is 0 Å². The molecule has 0 saturated carbocycles. The molecule has 0 aliphatic carbocycles. The zero-order chi connectivity index (χ0) is 19.7. The molecule has 8 heteroatoms. The quantitative estimate of drug-likeness (QED) is 0.584. The summed E-state index contributed by atoms with van der Waals surface area (Å²) in [4.78, 5) is 50.3. The number of hydrogen-bond donors (Lipinski definition) is 0. The zero-order valence-electron chi connectivity index (χ0n) is 15.3. The molecule has 140 valence electrons. The number of fused-ring (bicyclic) bond motifs is 1. The van der Waals surface area contributed by atoms with Crippen LogP contribution < -0.4 is 4.74 Å². The number of imide groups is 2. The summed E-state index contributed by atoms with van der Waals surface area (Å²) in [7, 11) is 4.40. The van der Waals surface area contributed by atoms with Crippen molar-refractivity contribution in [1.82, 2.24) is 14.7 Å². The van der Waals surface area contributed by atoms with E-state index in [-0.39, 0.29) is 0 Å². The molecule has 3 rings (SSSR count). The lowest BCUT2D eigenvalue weighted by Gasteiger charge is -2.20. The Hall–Kier alpha value is -3.42. The van der Waals surface area contributed by atoms with Crippen LogP contribution in [0.3, 0.4) is 0 Å². The first-order chi connectivity index (χ1) is 12.8. The van der Waals surface area contributed by atoms with Crippen LogP contribution in [0.15, 0.2) is 36.4 Å². The minimum atomic E-state index is -0.982. The van der Waals surface area contributed by atoms with Gasteiger partial charge in [0.1, 0.15) is 12.3 Å². The third-order valence-corrected chi connectivity index (χ3v) is 4.50. The van der Waals surface area contributed by atoms with Gasteiger partial charge in [0.2, 0.25) is 5.91 Å². The number of urea groups is 1. The number of likely N-dealkylation sites (N-methyl/N-ethyl adjacent to an activating group) is 2. The van der Waals surface area contributed by atoms with Gasteiger partial charge in [-0.15, -0.1) is 0 Å². The van der Waals surface area contributed by atoms with Crippen molar-refractivity contribution in [2.45, 2.75) is 6.54 Å². The maximum atomic E-state index is 12.4. The van der Waals surface area contributed by atoms with Crippen LogP contribution in [0.1, 0.15) is 5.56 Å². The van der Waals surface area contributed by atoms with E-state index in [1.807, 2.05) is 36.4 Å². The number of rotatable bonds is 5. The molecule has 1 aliphatic rings. The van der Waals surface area contributed by atoms with Gasteiger partial charge in [-0.05, 0) is 34.5 Å². The van der Waals surface area contributed by atoms with Crippen molar-refractivity contribution < 1.29 is 23.9 Å². The first-order valence-corrected chi connectivity index (χ1v) is 8.26. The smallest absolute Gasteiger partial charge is 0.334 e. The molecule has 0 radical (unpaired) electrons. The van der Waals surface area contributed by atoms with Crippen LogP contribution in [0.4, 0.5) is 4.79 Å². The molecule has 0 aromatic heterocycles. The lowest BCUT2D eigenvalue weighted by Crippen LogP contribution is -2.41. The van der Waals surface area contributed by atoms with Crippen LogP contribution >= 0.6 is 0 Å². The van der Waals surface area contributed by atoms with E-state index in [9.17, 15) is 19.2 Å². The van der Waals surface area contributed by atoms with Crippen molar-refractivity contribution >= 4 is 34.5 Å². The highest BCUT2D eigenvalue weighted by Crippen LogP contribution is 2.22. The van der Waals surface area contributed by atoms with Crippen molar-refractivity contribution in [3.63, 3.8) is 0 Å². The summed E-state index contributed by atoms with van der Waals surface area (Å²) in [5.41, 5.74) is 0.899. The fraction of sp³-hybridized carbons (Fsp3) is 0.263. The van der Waals surface area contributed by atoms with Gasteiger partial charge in [0.25, 0.3) is 0 Å². The van der Waals surface area contributed by atoms with Crippen LogP contribution in [-0.4, -0.2) is 66.2 Å². The number of benzene rings is 2. The fourth-order valence-corrected chi connectivity index (χ4v) is 2.87. The van der Waals surface area contributed by atoms with Crippen LogP contribution in [0.25, 0.3) is 10.8 Å². The Morgan fingerprint density at radius 2 is 1.70 bits per heavy atom. The minimum absolute atomic E-state index is 0.306. The summed E-state index contributed by atoms with van der Waals surface area (Å²) < 4.78 is 5.20. The molecule has 8 nitrogen and oxygen atoms in total. The average molecular weight is 369 g/mol. The number of methoxy groups -OCH3 is 1. The zero-order valence-corrected chi connectivity index (χ0v) is 15.3. The number of carbonyl (C=O) groups excluding carboxylic acids is 4. The second-order valence-electron chi connectivity index (χ2n) is 6.34. The van der Waals surface area contributed by atoms with Crippen LogP contribution in [0.5, 0.6) is 5.75 Å². The predicted molar refractivity (Wildman–Crippen MR) is 96.9 cm³/mol. The second-order valence-corrected chi connectivity index (χ2v) is 6.34. The van der Waals surface area contributed by atoms with Crippen LogP contribution in [-0.2, 0) is 20.9 Å². The number of amides is 5. The predicted octanol–water partition coefficient (Wildman–Crippen LogP) is 1.23. The third kappa shape index (κ3) is 3.46. The van der Waals surface area contributed by atoms with Crippen molar-refractivity contribution in [3.05, 3.63) is 42.0 Å². The summed E-state index contributed by atoms with van der Waals surface area (Å²) >= 11 is 0. The molecule has 2 aromatic carbocycles.